The zero-order valence-corrected chi connectivity index (χ0v) is 12.3. The quantitative estimate of drug-likeness (QED) is 0.846. The van der Waals surface area contributed by atoms with Crippen molar-refractivity contribution in [2.24, 2.45) is 0 Å². The van der Waals surface area contributed by atoms with E-state index in [2.05, 4.69) is 17.4 Å². The Kier molecular flexibility index (Phi) is 4.04. The maximum absolute atomic E-state index is 12.4. The lowest BCUT2D eigenvalue weighted by Gasteiger charge is -2.27. The summed E-state index contributed by atoms with van der Waals surface area (Å²) in [6.45, 7) is 0. The van der Waals surface area contributed by atoms with E-state index in [0.29, 0.717) is 11.4 Å². The van der Waals surface area contributed by atoms with Crippen LogP contribution < -0.4 is 5.32 Å². The van der Waals surface area contributed by atoms with E-state index in [1.54, 1.807) is 11.8 Å². The van der Waals surface area contributed by atoms with Gasteiger partial charge in [0.15, 0.2) is 0 Å². The smallest absolute Gasteiger partial charge is 0.228 e. The van der Waals surface area contributed by atoms with Gasteiger partial charge in [0.05, 0.1) is 5.92 Å². The van der Waals surface area contributed by atoms with Gasteiger partial charge in [-0.25, -0.2) is 0 Å². The van der Waals surface area contributed by atoms with Crippen LogP contribution in [0.3, 0.4) is 0 Å². The maximum Gasteiger partial charge on any atom is 0.228 e. The first-order valence-electron chi connectivity index (χ1n) is 6.90. The largest absolute Gasteiger partial charge is 0.353 e. The van der Waals surface area contributed by atoms with Crippen LogP contribution in [-0.2, 0) is 4.79 Å². The number of hydrogen-bond donors (Lipinski definition) is 1. The molecule has 1 saturated carbocycles. The van der Waals surface area contributed by atoms with Gasteiger partial charge in [-0.3, -0.25) is 4.79 Å². The number of benzene rings is 1. The van der Waals surface area contributed by atoms with Crippen LogP contribution in [0.5, 0.6) is 0 Å². The summed E-state index contributed by atoms with van der Waals surface area (Å²) in [7, 11) is 0. The van der Waals surface area contributed by atoms with E-state index in [1.165, 1.54) is 10.5 Å². The molecule has 0 radical (unpaired) electrons. The summed E-state index contributed by atoms with van der Waals surface area (Å²) in [6.07, 6.45) is 4.06. The second kappa shape index (κ2) is 5.76. The molecule has 1 N–H and O–H groups in total. The molecule has 1 fully saturated rings. The molecule has 2 nitrogen and oxygen atoms in total. The molecular formula is C15H18ClNOS. The third-order valence-corrected chi connectivity index (χ3v) is 5.64. The van der Waals surface area contributed by atoms with Gasteiger partial charge in [-0.1, -0.05) is 18.2 Å². The van der Waals surface area contributed by atoms with Gasteiger partial charge < -0.3 is 5.32 Å². The van der Waals surface area contributed by atoms with Gasteiger partial charge in [0.25, 0.3) is 0 Å². The molecule has 1 aliphatic heterocycles. The molecule has 0 aromatic heterocycles. The van der Waals surface area contributed by atoms with E-state index in [1.807, 2.05) is 12.1 Å². The van der Waals surface area contributed by atoms with Crippen molar-refractivity contribution in [3.05, 3.63) is 29.8 Å². The average Bonchev–Trinajstić information content (AvgIpc) is 2.85. The highest BCUT2D eigenvalue weighted by molar-refractivity contribution is 7.99. The van der Waals surface area contributed by atoms with Gasteiger partial charge in [-0.2, -0.15) is 0 Å². The highest BCUT2D eigenvalue weighted by atomic mass is 35.5. The summed E-state index contributed by atoms with van der Waals surface area (Å²) < 4.78 is 0. The molecule has 1 amide bonds. The van der Waals surface area contributed by atoms with E-state index >= 15 is 0 Å². The first-order valence-corrected chi connectivity index (χ1v) is 8.32. The predicted octanol–water partition coefficient (Wildman–Crippen LogP) is 3.54. The van der Waals surface area contributed by atoms with Crippen molar-refractivity contribution in [2.45, 2.75) is 47.9 Å². The maximum atomic E-state index is 12.4. The second-order valence-corrected chi connectivity index (χ2v) is 7.04. The Bertz CT molecular complexity index is 471. The summed E-state index contributed by atoms with van der Waals surface area (Å²) >= 11 is 7.88. The van der Waals surface area contributed by atoms with Gasteiger partial charge in [0.1, 0.15) is 0 Å². The third-order valence-electron chi connectivity index (χ3n) is 4.02. The van der Waals surface area contributed by atoms with Gasteiger partial charge in [0.2, 0.25) is 5.91 Å². The Morgan fingerprint density at radius 3 is 2.74 bits per heavy atom. The number of hydrogen-bond acceptors (Lipinski definition) is 2. The molecule has 1 aromatic carbocycles. The fraction of sp³-hybridized carbons (Fsp3) is 0.533. The highest BCUT2D eigenvalue weighted by Gasteiger charge is 2.30. The van der Waals surface area contributed by atoms with E-state index in [0.717, 1.165) is 31.4 Å². The van der Waals surface area contributed by atoms with Crippen LogP contribution >= 0.6 is 23.4 Å². The number of alkyl halides is 1. The van der Waals surface area contributed by atoms with Gasteiger partial charge in [-0.15, -0.1) is 23.4 Å². The van der Waals surface area contributed by atoms with Crippen molar-refractivity contribution in [3.8, 4) is 0 Å². The van der Waals surface area contributed by atoms with Crippen LogP contribution in [-0.4, -0.2) is 23.1 Å². The molecule has 1 aromatic rings. The number of rotatable bonds is 2. The standard InChI is InChI=1S/C15H18ClNOS/c16-10-5-7-11(8-6-10)17-15(18)13-9-19-14-4-2-1-3-12(13)14/h1-4,10-11,13H,5-9H2,(H,17,18). The topological polar surface area (TPSA) is 29.1 Å². The van der Waals surface area contributed by atoms with Gasteiger partial charge in [-0.05, 0) is 37.3 Å². The SMILES string of the molecule is O=C(NC1CCC(Cl)CC1)C1CSc2ccccc21. The lowest BCUT2D eigenvalue weighted by Crippen LogP contribution is -2.40. The third kappa shape index (κ3) is 2.92. The van der Waals surface area contributed by atoms with Crippen LogP contribution in [0.1, 0.15) is 37.2 Å². The highest BCUT2D eigenvalue weighted by Crippen LogP contribution is 2.39. The number of thioether (sulfide) groups is 1. The summed E-state index contributed by atoms with van der Waals surface area (Å²) in [5.74, 6) is 1.08. The van der Waals surface area contributed by atoms with Crippen LogP contribution in [0.15, 0.2) is 29.2 Å². The molecule has 3 rings (SSSR count). The molecule has 4 heteroatoms. The van der Waals surface area contributed by atoms with Crippen LogP contribution in [0.25, 0.3) is 0 Å². The predicted molar refractivity (Wildman–Crippen MR) is 79.9 cm³/mol. The number of amides is 1. The van der Waals surface area contributed by atoms with Gasteiger partial charge in [0, 0.05) is 22.1 Å². The Labute approximate surface area is 123 Å². The van der Waals surface area contributed by atoms with Crippen molar-refractivity contribution in [3.63, 3.8) is 0 Å². The number of fused-ring (bicyclic) bond motifs is 1. The van der Waals surface area contributed by atoms with E-state index in [9.17, 15) is 4.79 Å². The molecule has 1 aliphatic carbocycles. The molecule has 0 bridgehead atoms. The Morgan fingerprint density at radius 2 is 1.95 bits per heavy atom. The fourth-order valence-electron chi connectivity index (χ4n) is 2.88. The summed E-state index contributed by atoms with van der Waals surface area (Å²) in [6, 6.07) is 8.55. The number of carbonyl (C=O) groups is 1. The van der Waals surface area contributed by atoms with Crippen molar-refractivity contribution in [1.29, 1.82) is 0 Å². The number of nitrogens with one attached hydrogen (secondary N) is 1. The van der Waals surface area contributed by atoms with E-state index in [4.69, 9.17) is 11.6 Å². The van der Waals surface area contributed by atoms with Crippen molar-refractivity contribution < 1.29 is 4.79 Å². The summed E-state index contributed by atoms with van der Waals surface area (Å²) in [5.41, 5.74) is 1.19. The van der Waals surface area contributed by atoms with Crippen molar-refractivity contribution >= 4 is 29.3 Å². The first-order chi connectivity index (χ1) is 9.24. The monoisotopic (exact) mass is 295 g/mol. The molecule has 0 saturated heterocycles. The molecule has 2 aliphatic rings. The van der Waals surface area contributed by atoms with Crippen LogP contribution in [0, 0.1) is 0 Å². The molecular weight excluding hydrogens is 278 g/mol. The minimum Gasteiger partial charge on any atom is -0.353 e. The zero-order valence-electron chi connectivity index (χ0n) is 10.8. The summed E-state index contributed by atoms with van der Waals surface area (Å²) in [4.78, 5) is 13.7. The second-order valence-electron chi connectivity index (χ2n) is 5.36. The molecule has 1 atom stereocenters. The fourth-order valence-corrected chi connectivity index (χ4v) is 4.36. The van der Waals surface area contributed by atoms with Crippen LogP contribution in [0.4, 0.5) is 0 Å². The first kappa shape index (κ1) is 13.3. The van der Waals surface area contributed by atoms with Crippen molar-refractivity contribution in [2.75, 3.05) is 5.75 Å². The zero-order chi connectivity index (χ0) is 13.2. The van der Waals surface area contributed by atoms with E-state index in [-0.39, 0.29) is 11.8 Å². The number of carbonyl (C=O) groups excluding carboxylic acids is 1. The van der Waals surface area contributed by atoms with Crippen LogP contribution in [0.2, 0.25) is 0 Å². The Morgan fingerprint density at radius 1 is 1.21 bits per heavy atom. The summed E-state index contributed by atoms with van der Waals surface area (Å²) in [5, 5.41) is 3.51. The Balaban J connectivity index is 1.63. The minimum absolute atomic E-state index is 0.0231. The number of halogens is 1. The van der Waals surface area contributed by atoms with Crippen molar-refractivity contribution in [1.82, 2.24) is 5.32 Å². The normalized spacial score (nSPS) is 29.8. The average molecular weight is 296 g/mol. The molecule has 1 unspecified atom stereocenters. The molecule has 19 heavy (non-hydrogen) atoms. The molecule has 1 heterocycles. The molecule has 102 valence electrons. The van der Waals surface area contributed by atoms with E-state index < -0.39 is 0 Å². The van der Waals surface area contributed by atoms with Gasteiger partial charge >= 0.3 is 0 Å². The lowest BCUT2D eigenvalue weighted by molar-refractivity contribution is -0.123. The minimum atomic E-state index is 0.0231. The lowest BCUT2D eigenvalue weighted by atomic mass is 9.93. The molecule has 0 spiro atoms. The Hall–Kier alpha value is -0.670.